The summed E-state index contributed by atoms with van der Waals surface area (Å²) in [6.45, 7) is 0. The first-order chi connectivity index (χ1) is 6.93. The first-order valence-corrected chi connectivity index (χ1v) is 4.89. The van der Waals surface area contributed by atoms with E-state index in [4.69, 9.17) is 0 Å². The molecule has 0 heterocycles. The minimum atomic E-state index is 1.37. The highest BCUT2D eigenvalue weighted by Gasteiger charge is 2.08. The van der Waals surface area contributed by atoms with Crippen molar-refractivity contribution >= 4 is 32.3 Å². The van der Waals surface area contributed by atoms with Crippen molar-refractivity contribution in [2.75, 3.05) is 0 Å². The second kappa shape index (κ2) is 1.98. The standard InChI is InChI=1S/C14H8/c1-3-9-7-14-10-4-2-6-12(14)11(5-1)13(9)8-10/h1-8H. The Balaban J connectivity index is 2.58. The minimum absolute atomic E-state index is 1.37. The van der Waals surface area contributed by atoms with E-state index in [9.17, 15) is 0 Å². The van der Waals surface area contributed by atoms with Crippen molar-refractivity contribution in [1.82, 2.24) is 0 Å². The summed E-state index contributed by atoms with van der Waals surface area (Å²) in [5, 5.41) is 8.32. The summed E-state index contributed by atoms with van der Waals surface area (Å²) in [6.07, 6.45) is 0. The lowest BCUT2D eigenvalue weighted by atomic mass is 9.92. The van der Waals surface area contributed by atoms with Crippen LogP contribution >= 0.6 is 0 Å². The van der Waals surface area contributed by atoms with Crippen LogP contribution < -0.4 is 0 Å². The second-order valence-corrected chi connectivity index (χ2v) is 3.91. The van der Waals surface area contributed by atoms with Crippen LogP contribution in [0.15, 0.2) is 48.5 Å². The quantitative estimate of drug-likeness (QED) is 0.355. The molecule has 0 aromatic heterocycles. The summed E-state index contributed by atoms with van der Waals surface area (Å²) in [5.41, 5.74) is 0. The van der Waals surface area contributed by atoms with E-state index in [1.165, 1.54) is 32.3 Å². The largest absolute Gasteiger partial charge is 0.0610 e. The molecule has 0 amide bonds. The molecule has 5 aromatic rings. The molecule has 6 bridgehead atoms. The Kier molecular flexibility index (Phi) is 0.935. The van der Waals surface area contributed by atoms with Gasteiger partial charge in [-0.05, 0) is 44.5 Å². The molecular formula is C14H8. The van der Waals surface area contributed by atoms with Gasteiger partial charge in [-0.3, -0.25) is 0 Å². The fourth-order valence-electron chi connectivity index (χ4n) is 2.52. The number of hydrogen-bond acceptors (Lipinski definition) is 0. The third-order valence-electron chi connectivity index (χ3n) is 3.17. The van der Waals surface area contributed by atoms with E-state index in [-0.39, 0.29) is 0 Å². The van der Waals surface area contributed by atoms with Crippen LogP contribution in [0.1, 0.15) is 0 Å². The van der Waals surface area contributed by atoms with Gasteiger partial charge in [-0.1, -0.05) is 36.4 Å². The number of hydrogen-bond donors (Lipinski definition) is 0. The third kappa shape index (κ3) is 0.589. The normalized spacial score (nSPS) is 12.3. The molecule has 0 aliphatic heterocycles. The first kappa shape index (κ1) is 6.61. The smallest absolute Gasteiger partial charge is 0.00988 e. The van der Waals surface area contributed by atoms with Crippen LogP contribution in [0.3, 0.4) is 0 Å². The Bertz CT molecular complexity index is 647. The Hall–Kier alpha value is -1.82. The zero-order valence-corrected chi connectivity index (χ0v) is 7.62. The SMILES string of the molecule is c1cc2cc3c4cccc3c(c1)c2c4. The van der Waals surface area contributed by atoms with E-state index in [0.29, 0.717) is 0 Å². The predicted octanol–water partition coefficient (Wildman–Crippen LogP) is 4.02. The summed E-state index contributed by atoms with van der Waals surface area (Å²) in [4.78, 5) is 0. The molecule has 0 aliphatic carbocycles. The van der Waals surface area contributed by atoms with Gasteiger partial charge in [0.25, 0.3) is 0 Å². The Morgan fingerprint density at radius 3 is 1.50 bits per heavy atom. The van der Waals surface area contributed by atoms with Crippen molar-refractivity contribution < 1.29 is 0 Å². The number of benzene rings is 5. The fraction of sp³-hybridized carbons (Fsp3) is 0. The lowest BCUT2D eigenvalue weighted by Crippen LogP contribution is -1.85. The monoisotopic (exact) mass is 176 g/mol. The summed E-state index contributed by atoms with van der Waals surface area (Å²) in [6, 6.07) is 17.7. The van der Waals surface area contributed by atoms with Crippen LogP contribution in [-0.4, -0.2) is 0 Å². The van der Waals surface area contributed by atoms with E-state index < -0.39 is 0 Å². The van der Waals surface area contributed by atoms with Crippen molar-refractivity contribution in [1.29, 1.82) is 0 Å². The molecule has 5 rings (SSSR count). The van der Waals surface area contributed by atoms with Crippen LogP contribution in [0.2, 0.25) is 0 Å². The molecule has 64 valence electrons. The Morgan fingerprint density at radius 1 is 0.500 bits per heavy atom. The van der Waals surface area contributed by atoms with Crippen LogP contribution in [0, 0.1) is 0 Å². The molecule has 0 saturated carbocycles. The van der Waals surface area contributed by atoms with Crippen molar-refractivity contribution in [3.05, 3.63) is 48.5 Å². The summed E-state index contributed by atoms with van der Waals surface area (Å²) in [5.74, 6) is 0. The molecule has 0 N–H and O–H groups in total. The Labute approximate surface area is 81.4 Å². The molecule has 0 fully saturated rings. The van der Waals surface area contributed by atoms with E-state index in [1.807, 2.05) is 0 Å². The maximum Gasteiger partial charge on any atom is -0.00988 e. The highest BCUT2D eigenvalue weighted by Crippen LogP contribution is 2.36. The zero-order chi connectivity index (χ0) is 9.12. The fourth-order valence-corrected chi connectivity index (χ4v) is 2.52. The van der Waals surface area contributed by atoms with Gasteiger partial charge in [0, 0.05) is 0 Å². The minimum Gasteiger partial charge on any atom is -0.0610 e. The van der Waals surface area contributed by atoms with Crippen molar-refractivity contribution in [2.24, 2.45) is 0 Å². The van der Waals surface area contributed by atoms with E-state index in [2.05, 4.69) is 48.5 Å². The lowest BCUT2D eigenvalue weighted by molar-refractivity contribution is 1.79. The van der Waals surface area contributed by atoms with Crippen LogP contribution in [0.25, 0.3) is 32.3 Å². The molecular weight excluding hydrogens is 168 g/mol. The van der Waals surface area contributed by atoms with Gasteiger partial charge in [-0.15, -0.1) is 0 Å². The van der Waals surface area contributed by atoms with Gasteiger partial charge in [0.05, 0.1) is 0 Å². The molecule has 0 aliphatic rings. The van der Waals surface area contributed by atoms with Gasteiger partial charge in [0.1, 0.15) is 0 Å². The van der Waals surface area contributed by atoms with E-state index in [0.717, 1.165) is 0 Å². The molecule has 14 heavy (non-hydrogen) atoms. The van der Waals surface area contributed by atoms with Gasteiger partial charge in [0.2, 0.25) is 0 Å². The first-order valence-electron chi connectivity index (χ1n) is 4.89. The summed E-state index contributed by atoms with van der Waals surface area (Å²) < 4.78 is 0. The summed E-state index contributed by atoms with van der Waals surface area (Å²) >= 11 is 0. The highest BCUT2D eigenvalue weighted by atomic mass is 14.1. The highest BCUT2D eigenvalue weighted by molar-refractivity contribution is 6.23. The molecule has 0 spiro atoms. The predicted molar refractivity (Wildman–Crippen MR) is 61.3 cm³/mol. The molecule has 0 atom stereocenters. The van der Waals surface area contributed by atoms with Gasteiger partial charge in [-0.2, -0.15) is 0 Å². The molecule has 0 saturated heterocycles. The van der Waals surface area contributed by atoms with E-state index in [1.54, 1.807) is 0 Å². The molecule has 5 aromatic carbocycles. The van der Waals surface area contributed by atoms with E-state index >= 15 is 0 Å². The average molecular weight is 176 g/mol. The van der Waals surface area contributed by atoms with Crippen LogP contribution in [0.4, 0.5) is 0 Å². The van der Waals surface area contributed by atoms with Crippen LogP contribution in [-0.2, 0) is 0 Å². The topological polar surface area (TPSA) is 0 Å². The third-order valence-corrected chi connectivity index (χ3v) is 3.17. The lowest BCUT2D eigenvalue weighted by Gasteiger charge is -2.12. The summed E-state index contributed by atoms with van der Waals surface area (Å²) in [7, 11) is 0. The average Bonchev–Trinajstić information content (AvgIpc) is 2.20. The number of rotatable bonds is 0. The molecule has 0 heteroatoms. The molecule has 0 radical (unpaired) electrons. The van der Waals surface area contributed by atoms with Gasteiger partial charge >= 0.3 is 0 Å². The maximum absolute atomic E-state index is 2.30. The van der Waals surface area contributed by atoms with Crippen LogP contribution in [0.5, 0.6) is 0 Å². The zero-order valence-electron chi connectivity index (χ0n) is 7.62. The van der Waals surface area contributed by atoms with Crippen molar-refractivity contribution in [3.8, 4) is 0 Å². The van der Waals surface area contributed by atoms with Gasteiger partial charge in [0.15, 0.2) is 0 Å². The maximum atomic E-state index is 2.30. The van der Waals surface area contributed by atoms with Crippen molar-refractivity contribution in [2.45, 2.75) is 0 Å². The Morgan fingerprint density at radius 2 is 1.00 bits per heavy atom. The van der Waals surface area contributed by atoms with Gasteiger partial charge in [-0.25, -0.2) is 0 Å². The molecule has 0 unspecified atom stereocenters. The van der Waals surface area contributed by atoms with Gasteiger partial charge < -0.3 is 0 Å². The second-order valence-electron chi connectivity index (χ2n) is 3.91. The van der Waals surface area contributed by atoms with Crippen molar-refractivity contribution in [3.63, 3.8) is 0 Å². The molecule has 0 nitrogen and oxygen atoms in total.